The lowest BCUT2D eigenvalue weighted by atomic mass is 9.95. The molecule has 0 bridgehead atoms. The summed E-state index contributed by atoms with van der Waals surface area (Å²) in [5.74, 6) is 0.162. The lowest BCUT2D eigenvalue weighted by Gasteiger charge is -2.43. The molecule has 0 unspecified atom stereocenters. The smallest absolute Gasteiger partial charge is 0.341 e. The van der Waals surface area contributed by atoms with E-state index in [9.17, 15) is 4.79 Å². The summed E-state index contributed by atoms with van der Waals surface area (Å²) in [4.78, 5) is 23.8. The lowest BCUT2D eigenvalue weighted by Crippen LogP contribution is -2.54. The zero-order valence-electron chi connectivity index (χ0n) is 19.3. The number of rotatable bonds is 3. The first-order valence-electron chi connectivity index (χ1n) is 11.5. The minimum atomic E-state index is -0.688. The fraction of sp³-hybridized carbons (Fsp3) is 0.385. The minimum Gasteiger partial charge on any atom is -0.462 e. The molecule has 172 valence electrons. The van der Waals surface area contributed by atoms with Crippen LogP contribution in [-0.4, -0.2) is 40.9 Å². The van der Waals surface area contributed by atoms with E-state index in [0.29, 0.717) is 32.5 Å². The van der Waals surface area contributed by atoms with Gasteiger partial charge in [-0.25, -0.2) is 10.3 Å². The number of aromatic nitrogens is 1. The molecule has 0 radical (unpaired) electrons. The number of benzene rings is 2. The Hall–Kier alpha value is -3.16. The Labute approximate surface area is 193 Å². The summed E-state index contributed by atoms with van der Waals surface area (Å²) in [6.45, 7) is 7.43. The highest BCUT2D eigenvalue weighted by atomic mass is 16.7. The molecule has 1 N–H and O–H groups in total. The Morgan fingerprint density at radius 3 is 2.79 bits per heavy atom. The second kappa shape index (κ2) is 8.65. The predicted molar refractivity (Wildman–Crippen MR) is 126 cm³/mol. The number of fused-ring (bicyclic) bond motifs is 2. The van der Waals surface area contributed by atoms with Crippen molar-refractivity contribution in [2.75, 3.05) is 13.1 Å². The number of urea groups is 1. The minimum absolute atomic E-state index is 0.0638. The van der Waals surface area contributed by atoms with Crippen LogP contribution in [0.1, 0.15) is 37.8 Å². The molecule has 7 nitrogen and oxygen atoms in total. The molecular formula is C26H29N3O4. The van der Waals surface area contributed by atoms with Crippen molar-refractivity contribution in [1.29, 1.82) is 0 Å². The van der Waals surface area contributed by atoms with Crippen LogP contribution in [-0.2, 0) is 16.2 Å². The molecule has 1 aromatic heterocycles. The molecule has 2 aromatic carbocycles. The molecule has 2 aliphatic heterocycles. The molecule has 33 heavy (non-hydrogen) atoms. The first-order chi connectivity index (χ1) is 15.9. The fourth-order valence-electron chi connectivity index (χ4n) is 4.53. The molecule has 1 spiro atoms. The van der Waals surface area contributed by atoms with Gasteiger partial charge >= 0.3 is 6.03 Å². The quantitative estimate of drug-likeness (QED) is 0.575. The number of pyridine rings is 1. The molecule has 2 amide bonds. The summed E-state index contributed by atoms with van der Waals surface area (Å²) in [6, 6.07) is 14.4. The number of nitrogens with zero attached hydrogens (tertiary/aromatic N) is 2. The maximum absolute atomic E-state index is 12.3. The third kappa shape index (κ3) is 4.26. The second-order valence-electron chi connectivity index (χ2n) is 9.00. The first-order valence-corrected chi connectivity index (χ1v) is 11.5. The summed E-state index contributed by atoms with van der Waals surface area (Å²) in [5, 5.41) is 1.14. The van der Waals surface area contributed by atoms with E-state index in [1.165, 1.54) is 0 Å². The number of carbonyl (C=O) groups excluding carboxylic acids is 1. The van der Waals surface area contributed by atoms with Crippen molar-refractivity contribution < 1.29 is 19.1 Å². The van der Waals surface area contributed by atoms with Gasteiger partial charge in [0.25, 0.3) is 0 Å². The molecule has 1 saturated heterocycles. The molecule has 5 rings (SSSR count). The summed E-state index contributed by atoms with van der Waals surface area (Å²) < 4.78 is 12.6. The number of likely N-dealkylation sites (tertiary alicyclic amines) is 1. The molecule has 2 aliphatic rings. The van der Waals surface area contributed by atoms with Gasteiger partial charge in [0.15, 0.2) is 0 Å². The topological polar surface area (TPSA) is 72.9 Å². The van der Waals surface area contributed by atoms with Crippen LogP contribution < -0.4 is 10.2 Å². The lowest BCUT2D eigenvalue weighted by molar-refractivity contribution is -0.225. The number of carbonyl (C=O) groups is 1. The van der Waals surface area contributed by atoms with Crippen LogP contribution in [0.4, 0.5) is 4.79 Å². The number of aryl methyl sites for hydroxylation is 1. The average Bonchev–Trinajstić information content (AvgIpc) is 2.83. The Kier molecular flexibility index (Phi) is 5.68. The van der Waals surface area contributed by atoms with Crippen molar-refractivity contribution in [2.45, 2.75) is 52.1 Å². The Morgan fingerprint density at radius 1 is 1.18 bits per heavy atom. The number of piperidine rings is 1. The first kappa shape index (κ1) is 21.7. The zero-order valence-corrected chi connectivity index (χ0v) is 19.3. The van der Waals surface area contributed by atoms with Crippen molar-refractivity contribution >= 4 is 16.9 Å². The zero-order chi connectivity index (χ0) is 23.0. The van der Waals surface area contributed by atoms with Gasteiger partial charge in [0.2, 0.25) is 5.79 Å². The third-order valence-corrected chi connectivity index (χ3v) is 6.38. The Balaban J connectivity index is 1.30. The number of amides is 2. The van der Waals surface area contributed by atoms with Crippen LogP contribution in [0.5, 0.6) is 5.75 Å². The van der Waals surface area contributed by atoms with Crippen molar-refractivity contribution in [1.82, 2.24) is 15.4 Å². The van der Waals surface area contributed by atoms with Gasteiger partial charge in [-0.2, -0.15) is 0 Å². The van der Waals surface area contributed by atoms with Gasteiger partial charge in [-0.05, 0) is 55.7 Å². The van der Waals surface area contributed by atoms with Gasteiger partial charge in [0, 0.05) is 43.1 Å². The van der Waals surface area contributed by atoms with E-state index in [1.807, 2.05) is 32.2 Å². The van der Waals surface area contributed by atoms with Crippen LogP contribution in [0.25, 0.3) is 22.0 Å². The molecular weight excluding hydrogens is 418 g/mol. The van der Waals surface area contributed by atoms with Gasteiger partial charge in [0.05, 0.1) is 18.2 Å². The monoisotopic (exact) mass is 447 g/mol. The van der Waals surface area contributed by atoms with E-state index in [4.69, 9.17) is 14.3 Å². The van der Waals surface area contributed by atoms with Crippen LogP contribution in [0, 0.1) is 6.92 Å². The van der Waals surface area contributed by atoms with Crippen molar-refractivity contribution in [2.24, 2.45) is 0 Å². The standard InChI is InChI=1S/C26H29N3O4/c1-17(2)33-28-25(30)29-13-10-26(11-14-29)31-16-21-15-20(7-9-23(21)32-26)22-8-6-19-5-4-12-27-24(19)18(22)3/h4-9,12,15,17H,10-11,13-14,16H2,1-3H3,(H,28,30). The van der Waals surface area contributed by atoms with Gasteiger partial charge in [-0.15, -0.1) is 0 Å². The Bertz CT molecular complexity index is 1190. The number of hydrogen-bond acceptors (Lipinski definition) is 5. The fourth-order valence-corrected chi connectivity index (χ4v) is 4.53. The number of ether oxygens (including phenoxy) is 2. The van der Waals surface area contributed by atoms with Crippen LogP contribution >= 0.6 is 0 Å². The molecule has 7 heteroatoms. The second-order valence-corrected chi connectivity index (χ2v) is 9.00. The largest absolute Gasteiger partial charge is 0.462 e. The molecule has 1 fully saturated rings. The van der Waals surface area contributed by atoms with E-state index in [2.05, 4.69) is 47.7 Å². The maximum Gasteiger partial charge on any atom is 0.341 e. The maximum atomic E-state index is 12.3. The third-order valence-electron chi connectivity index (χ3n) is 6.38. The summed E-state index contributed by atoms with van der Waals surface area (Å²) >= 11 is 0. The van der Waals surface area contributed by atoms with E-state index < -0.39 is 5.79 Å². The van der Waals surface area contributed by atoms with Crippen molar-refractivity contribution in [3.8, 4) is 16.9 Å². The van der Waals surface area contributed by atoms with Crippen LogP contribution in [0.3, 0.4) is 0 Å². The normalized spacial score (nSPS) is 17.2. The molecule has 0 atom stereocenters. The average molecular weight is 448 g/mol. The van der Waals surface area contributed by atoms with Gasteiger partial charge in [0.1, 0.15) is 5.75 Å². The molecule has 0 saturated carbocycles. The van der Waals surface area contributed by atoms with E-state index in [1.54, 1.807) is 4.90 Å². The number of hydrogen-bond donors (Lipinski definition) is 1. The number of hydroxylamine groups is 1. The van der Waals surface area contributed by atoms with Crippen LogP contribution in [0.15, 0.2) is 48.7 Å². The van der Waals surface area contributed by atoms with E-state index in [-0.39, 0.29) is 12.1 Å². The highest BCUT2D eigenvalue weighted by Gasteiger charge is 2.42. The number of nitrogens with one attached hydrogen (secondary N) is 1. The summed E-state index contributed by atoms with van der Waals surface area (Å²) in [5.41, 5.74) is 8.00. The van der Waals surface area contributed by atoms with Gasteiger partial charge in [-0.3, -0.25) is 9.82 Å². The highest BCUT2D eigenvalue weighted by molar-refractivity contribution is 5.88. The summed E-state index contributed by atoms with van der Waals surface area (Å²) in [7, 11) is 0. The van der Waals surface area contributed by atoms with Crippen LogP contribution in [0.2, 0.25) is 0 Å². The molecule has 0 aliphatic carbocycles. The molecule has 3 aromatic rings. The van der Waals surface area contributed by atoms with Gasteiger partial charge < -0.3 is 14.4 Å². The van der Waals surface area contributed by atoms with Gasteiger partial charge in [-0.1, -0.05) is 24.3 Å². The SMILES string of the molecule is Cc1c(-c2ccc3c(c2)COC2(CCN(C(=O)NOC(C)C)CC2)O3)ccc2cccnc12. The Morgan fingerprint density at radius 2 is 2.00 bits per heavy atom. The van der Waals surface area contributed by atoms with E-state index >= 15 is 0 Å². The predicted octanol–water partition coefficient (Wildman–Crippen LogP) is 4.96. The van der Waals surface area contributed by atoms with E-state index in [0.717, 1.165) is 38.9 Å². The summed E-state index contributed by atoms with van der Waals surface area (Å²) in [6.07, 6.45) is 2.99. The van der Waals surface area contributed by atoms with Crippen molar-refractivity contribution in [3.63, 3.8) is 0 Å². The molecule has 3 heterocycles. The highest BCUT2D eigenvalue weighted by Crippen LogP contribution is 2.40. The van der Waals surface area contributed by atoms with Crippen molar-refractivity contribution in [3.05, 3.63) is 59.8 Å².